The van der Waals surface area contributed by atoms with Crippen molar-refractivity contribution >= 4 is 11.8 Å². The van der Waals surface area contributed by atoms with Gasteiger partial charge in [0.15, 0.2) is 5.69 Å². The third-order valence-corrected chi connectivity index (χ3v) is 2.60. The van der Waals surface area contributed by atoms with Gasteiger partial charge in [0.25, 0.3) is 0 Å². The lowest BCUT2D eigenvalue weighted by molar-refractivity contribution is 0.0689. The summed E-state index contributed by atoms with van der Waals surface area (Å²) in [5, 5.41) is 19.2. The quantitative estimate of drug-likeness (QED) is 0.726. The van der Waals surface area contributed by atoms with Crippen molar-refractivity contribution in [3.8, 4) is 0 Å². The first-order valence-corrected chi connectivity index (χ1v) is 6.20. The topological polar surface area (TPSA) is 78.4 Å². The summed E-state index contributed by atoms with van der Waals surface area (Å²) in [5.41, 5.74) is -0.0401. The van der Waals surface area contributed by atoms with E-state index in [1.54, 1.807) is 6.07 Å². The smallest absolute Gasteiger partial charge is 0.356 e. The van der Waals surface area contributed by atoms with Crippen molar-refractivity contribution in [1.82, 2.24) is 15.1 Å². The molecule has 0 aliphatic heterocycles. The molecule has 0 bridgehead atoms. The molecule has 1 aromatic heterocycles. The molecule has 100 valence electrons. The molecular weight excluding hydrogens is 232 g/mol. The van der Waals surface area contributed by atoms with Crippen molar-refractivity contribution < 1.29 is 9.90 Å². The molecule has 0 aliphatic rings. The SMILES string of the molecule is CCCN(CC)CCNc1ccc(C(=O)O)nn1. The Balaban J connectivity index is 2.37. The number of hydrogen-bond donors (Lipinski definition) is 2. The first-order chi connectivity index (χ1) is 8.67. The summed E-state index contributed by atoms with van der Waals surface area (Å²) in [4.78, 5) is 12.9. The second-order valence-corrected chi connectivity index (χ2v) is 3.97. The number of carboxylic acids is 1. The van der Waals surface area contributed by atoms with Gasteiger partial charge in [-0.1, -0.05) is 13.8 Å². The van der Waals surface area contributed by atoms with Crippen LogP contribution >= 0.6 is 0 Å². The minimum Gasteiger partial charge on any atom is -0.476 e. The predicted molar refractivity (Wildman–Crippen MR) is 69.9 cm³/mol. The van der Waals surface area contributed by atoms with E-state index in [1.807, 2.05) is 0 Å². The first-order valence-electron chi connectivity index (χ1n) is 6.20. The van der Waals surface area contributed by atoms with Crippen molar-refractivity contribution in [1.29, 1.82) is 0 Å². The highest BCUT2D eigenvalue weighted by Crippen LogP contribution is 2.01. The zero-order chi connectivity index (χ0) is 13.4. The number of likely N-dealkylation sites (N-methyl/N-ethyl adjacent to an activating group) is 1. The number of aromatic nitrogens is 2. The van der Waals surface area contributed by atoms with E-state index in [2.05, 4.69) is 34.3 Å². The summed E-state index contributed by atoms with van der Waals surface area (Å²) in [5.74, 6) is -0.457. The molecule has 1 aromatic rings. The fourth-order valence-electron chi connectivity index (χ4n) is 1.63. The maximum atomic E-state index is 10.6. The Hall–Kier alpha value is -1.69. The van der Waals surface area contributed by atoms with Crippen LogP contribution in [-0.4, -0.2) is 52.4 Å². The van der Waals surface area contributed by atoms with E-state index in [4.69, 9.17) is 5.11 Å². The van der Waals surface area contributed by atoms with Crippen LogP contribution in [-0.2, 0) is 0 Å². The lowest BCUT2D eigenvalue weighted by Crippen LogP contribution is -2.29. The molecule has 0 saturated heterocycles. The number of anilines is 1. The highest BCUT2D eigenvalue weighted by molar-refractivity contribution is 5.85. The van der Waals surface area contributed by atoms with Gasteiger partial charge in [0, 0.05) is 13.1 Å². The molecule has 0 saturated carbocycles. The van der Waals surface area contributed by atoms with Crippen LogP contribution in [0.15, 0.2) is 12.1 Å². The monoisotopic (exact) mass is 252 g/mol. The van der Waals surface area contributed by atoms with E-state index in [9.17, 15) is 4.79 Å². The van der Waals surface area contributed by atoms with Gasteiger partial charge in [0.05, 0.1) is 0 Å². The molecule has 18 heavy (non-hydrogen) atoms. The van der Waals surface area contributed by atoms with Crippen LogP contribution in [0, 0.1) is 0 Å². The van der Waals surface area contributed by atoms with Gasteiger partial charge in [-0.3, -0.25) is 0 Å². The highest BCUT2D eigenvalue weighted by Gasteiger charge is 2.05. The van der Waals surface area contributed by atoms with Crippen molar-refractivity contribution in [3.63, 3.8) is 0 Å². The molecule has 0 spiro atoms. The van der Waals surface area contributed by atoms with E-state index in [0.717, 1.165) is 32.6 Å². The normalized spacial score (nSPS) is 10.6. The Morgan fingerprint density at radius 1 is 1.33 bits per heavy atom. The van der Waals surface area contributed by atoms with Gasteiger partial charge in [0.2, 0.25) is 0 Å². The molecule has 0 radical (unpaired) electrons. The van der Waals surface area contributed by atoms with Crippen LogP contribution in [0.1, 0.15) is 30.8 Å². The lowest BCUT2D eigenvalue weighted by atomic mass is 10.4. The fourth-order valence-corrected chi connectivity index (χ4v) is 1.63. The Morgan fingerprint density at radius 2 is 2.11 bits per heavy atom. The van der Waals surface area contributed by atoms with Gasteiger partial charge in [-0.25, -0.2) is 4.79 Å². The van der Waals surface area contributed by atoms with E-state index in [1.165, 1.54) is 6.07 Å². The van der Waals surface area contributed by atoms with Crippen LogP contribution in [0.4, 0.5) is 5.82 Å². The zero-order valence-electron chi connectivity index (χ0n) is 10.9. The molecule has 0 atom stereocenters. The summed E-state index contributed by atoms with van der Waals surface area (Å²) in [6.07, 6.45) is 1.14. The Labute approximate surface area is 107 Å². The van der Waals surface area contributed by atoms with Crippen LogP contribution in [0.2, 0.25) is 0 Å². The van der Waals surface area contributed by atoms with Gasteiger partial charge < -0.3 is 15.3 Å². The highest BCUT2D eigenvalue weighted by atomic mass is 16.4. The zero-order valence-corrected chi connectivity index (χ0v) is 10.9. The van der Waals surface area contributed by atoms with Gasteiger partial charge in [-0.05, 0) is 31.6 Å². The summed E-state index contributed by atoms with van der Waals surface area (Å²) in [6, 6.07) is 3.08. The molecule has 0 fully saturated rings. The van der Waals surface area contributed by atoms with Crippen LogP contribution in [0.3, 0.4) is 0 Å². The van der Waals surface area contributed by atoms with Crippen LogP contribution in [0.25, 0.3) is 0 Å². The average Bonchev–Trinajstić information content (AvgIpc) is 2.38. The minimum absolute atomic E-state index is 0.0401. The average molecular weight is 252 g/mol. The fraction of sp³-hybridized carbons (Fsp3) is 0.583. The number of carboxylic acid groups (broad SMARTS) is 1. The third-order valence-electron chi connectivity index (χ3n) is 2.60. The van der Waals surface area contributed by atoms with Crippen LogP contribution in [0.5, 0.6) is 0 Å². The van der Waals surface area contributed by atoms with Crippen LogP contribution < -0.4 is 5.32 Å². The maximum absolute atomic E-state index is 10.6. The number of hydrogen-bond acceptors (Lipinski definition) is 5. The van der Waals surface area contributed by atoms with Gasteiger partial charge in [-0.15, -0.1) is 10.2 Å². The minimum atomic E-state index is -1.06. The molecule has 0 aliphatic carbocycles. The second kappa shape index (κ2) is 7.60. The molecule has 2 N–H and O–H groups in total. The molecule has 6 nitrogen and oxygen atoms in total. The summed E-state index contributed by atoms with van der Waals surface area (Å²) >= 11 is 0. The molecule has 0 amide bonds. The van der Waals surface area contributed by atoms with E-state index < -0.39 is 5.97 Å². The predicted octanol–water partition coefficient (Wildman–Crippen LogP) is 1.32. The molecular formula is C12H20N4O2. The summed E-state index contributed by atoms with van der Waals surface area (Å²) < 4.78 is 0. The standard InChI is InChI=1S/C12H20N4O2/c1-3-8-16(4-2)9-7-13-11-6-5-10(12(17)18)14-15-11/h5-6H,3-4,7-9H2,1-2H3,(H,13,15)(H,17,18). The Bertz CT molecular complexity index is 367. The van der Waals surface area contributed by atoms with Gasteiger partial charge >= 0.3 is 5.97 Å². The number of nitrogens with zero attached hydrogens (tertiary/aromatic N) is 3. The van der Waals surface area contributed by atoms with Gasteiger partial charge in [0.1, 0.15) is 5.82 Å². The second-order valence-electron chi connectivity index (χ2n) is 3.97. The lowest BCUT2D eigenvalue weighted by Gasteiger charge is -2.19. The molecule has 1 heterocycles. The Kier molecular flexibility index (Phi) is 6.07. The van der Waals surface area contributed by atoms with Crippen molar-refractivity contribution in [2.24, 2.45) is 0 Å². The van der Waals surface area contributed by atoms with Crippen molar-refractivity contribution in [3.05, 3.63) is 17.8 Å². The van der Waals surface area contributed by atoms with E-state index in [0.29, 0.717) is 5.82 Å². The molecule has 6 heteroatoms. The molecule has 1 rings (SSSR count). The van der Waals surface area contributed by atoms with E-state index in [-0.39, 0.29) is 5.69 Å². The number of rotatable bonds is 8. The summed E-state index contributed by atoms with van der Waals surface area (Å²) in [6.45, 7) is 8.12. The van der Waals surface area contributed by atoms with Crippen molar-refractivity contribution in [2.75, 3.05) is 31.5 Å². The Morgan fingerprint density at radius 3 is 2.61 bits per heavy atom. The van der Waals surface area contributed by atoms with Crippen molar-refractivity contribution in [2.45, 2.75) is 20.3 Å². The number of nitrogens with one attached hydrogen (secondary N) is 1. The van der Waals surface area contributed by atoms with E-state index >= 15 is 0 Å². The first kappa shape index (κ1) is 14.4. The number of aromatic carboxylic acids is 1. The molecule has 0 unspecified atom stereocenters. The summed E-state index contributed by atoms with van der Waals surface area (Å²) in [7, 11) is 0. The largest absolute Gasteiger partial charge is 0.476 e. The molecule has 0 aromatic carbocycles. The number of carbonyl (C=O) groups is 1. The maximum Gasteiger partial charge on any atom is 0.356 e. The van der Waals surface area contributed by atoms with Gasteiger partial charge in [-0.2, -0.15) is 0 Å². The third kappa shape index (κ3) is 4.67.